The third-order valence-electron chi connectivity index (χ3n) is 3.26. The first kappa shape index (κ1) is 15.7. The number of hydrogen-bond donors (Lipinski definition) is 1. The number of carbonyl (C=O) groups excluding carboxylic acids is 1. The molecule has 2 unspecified atom stereocenters. The molecule has 1 aliphatic rings. The molecule has 8 heteroatoms. The van der Waals surface area contributed by atoms with E-state index in [0.29, 0.717) is 0 Å². The SMILES string of the molecule is O=C(NCC(F)(F)F)C1CC1c1ccccc1C(F)(F)F. The fraction of sp³-hybridized carbons (Fsp3) is 0.462. The summed E-state index contributed by atoms with van der Waals surface area (Å²) < 4.78 is 74.4. The van der Waals surface area contributed by atoms with E-state index in [1.165, 1.54) is 18.2 Å². The molecule has 1 fully saturated rings. The Morgan fingerprint density at radius 1 is 1.14 bits per heavy atom. The van der Waals surface area contributed by atoms with Gasteiger partial charge in [-0.25, -0.2) is 0 Å². The van der Waals surface area contributed by atoms with Crippen molar-refractivity contribution in [3.63, 3.8) is 0 Å². The molecule has 0 radical (unpaired) electrons. The summed E-state index contributed by atoms with van der Waals surface area (Å²) in [6.07, 6.45) is -8.97. The number of alkyl halides is 6. The zero-order valence-corrected chi connectivity index (χ0v) is 10.6. The number of amides is 1. The van der Waals surface area contributed by atoms with Crippen LogP contribution in [0, 0.1) is 5.92 Å². The van der Waals surface area contributed by atoms with Crippen molar-refractivity contribution >= 4 is 5.91 Å². The molecule has 1 aliphatic carbocycles. The molecule has 1 N–H and O–H groups in total. The molecule has 2 rings (SSSR count). The predicted octanol–water partition coefficient (Wildman–Crippen LogP) is 3.49. The number of hydrogen-bond acceptors (Lipinski definition) is 1. The average Bonchev–Trinajstić information content (AvgIpc) is 3.14. The smallest absolute Gasteiger partial charge is 0.347 e. The van der Waals surface area contributed by atoms with Crippen LogP contribution in [0.2, 0.25) is 0 Å². The third kappa shape index (κ3) is 3.89. The van der Waals surface area contributed by atoms with E-state index in [1.54, 1.807) is 5.32 Å². The first-order valence-corrected chi connectivity index (χ1v) is 6.10. The zero-order valence-electron chi connectivity index (χ0n) is 10.6. The van der Waals surface area contributed by atoms with Crippen molar-refractivity contribution in [2.45, 2.75) is 24.7 Å². The Balaban J connectivity index is 2.06. The molecule has 0 aliphatic heterocycles. The van der Waals surface area contributed by atoms with Crippen LogP contribution in [0.1, 0.15) is 23.5 Å². The topological polar surface area (TPSA) is 29.1 Å². The van der Waals surface area contributed by atoms with Crippen LogP contribution in [0.15, 0.2) is 24.3 Å². The highest BCUT2D eigenvalue weighted by atomic mass is 19.4. The lowest BCUT2D eigenvalue weighted by atomic mass is 10.0. The lowest BCUT2D eigenvalue weighted by Gasteiger charge is -2.12. The Hall–Kier alpha value is -1.73. The molecule has 1 aromatic carbocycles. The summed E-state index contributed by atoms with van der Waals surface area (Å²) >= 11 is 0. The van der Waals surface area contributed by atoms with Crippen molar-refractivity contribution in [1.82, 2.24) is 5.32 Å². The second-order valence-corrected chi connectivity index (χ2v) is 4.87. The van der Waals surface area contributed by atoms with E-state index in [4.69, 9.17) is 0 Å². The molecule has 1 saturated carbocycles. The number of rotatable bonds is 3. The van der Waals surface area contributed by atoms with Crippen molar-refractivity contribution in [2.75, 3.05) is 6.54 Å². The molecule has 1 amide bonds. The zero-order chi connectivity index (χ0) is 15.8. The predicted molar refractivity (Wildman–Crippen MR) is 61.4 cm³/mol. The first-order valence-electron chi connectivity index (χ1n) is 6.10. The summed E-state index contributed by atoms with van der Waals surface area (Å²) in [6, 6.07) is 4.80. The van der Waals surface area contributed by atoms with Gasteiger partial charge in [0.2, 0.25) is 5.91 Å². The number of halogens is 6. The van der Waals surface area contributed by atoms with E-state index in [2.05, 4.69) is 0 Å². The van der Waals surface area contributed by atoms with E-state index in [1.807, 2.05) is 0 Å². The van der Waals surface area contributed by atoms with Crippen molar-refractivity contribution in [3.05, 3.63) is 35.4 Å². The summed E-state index contributed by atoms with van der Waals surface area (Å²) in [5.74, 6) is -2.39. The van der Waals surface area contributed by atoms with Gasteiger partial charge in [0, 0.05) is 5.92 Å². The van der Waals surface area contributed by atoms with Gasteiger partial charge in [0.05, 0.1) is 5.56 Å². The molecular formula is C13H11F6NO. The van der Waals surface area contributed by atoms with Gasteiger partial charge in [-0.1, -0.05) is 18.2 Å². The normalized spacial score (nSPS) is 22.0. The Morgan fingerprint density at radius 3 is 2.33 bits per heavy atom. The van der Waals surface area contributed by atoms with Gasteiger partial charge in [-0.05, 0) is 24.0 Å². The van der Waals surface area contributed by atoms with Crippen molar-refractivity contribution in [1.29, 1.82) is 0 Å². The number of nitrogens with one attached hydrogen (secondary N) is 1. The van der Waals surface area contributed by atoms with E-state index < -0.39 is 42.2 Å². The minimum atomic E-state index is -4.55. The molecule has 21 heavy (non-hydrogen) atoms. The fourth-order valence-electron chi connectivity index (χ4n) is 2.23. The first-order chi connectivity index (χ1) is 9.59. The highest BCUT2D eigenvalue weighted by Crippen LogP contribution is 2.51. The van der Waals surface area contributed by atoms with Crippen LogP contribution in [0.4, 0.5) is 26.3 Å². The standard InChI is InChI=1S/C13H11F6NO/c14-12(15,16)6-20-11(21)9-5-8(9)7-3-1-2-4-10(7)13(17,18)19/h1-4,8-9H,5-6H2,(H,20,21). The molecule has 1 aromatic rings. The second-order valence-electron chi connectivity index (χ2n) is 4.87. The Bertz CT molecular complexity index is 536. The van der Waals surface area contributed by atoms with Crippen LogP contribution in [0.5, 0.6) is 0 Å². The monoisotopic (exact) mass is 311 g/mol. The highest BCUT2D eigenvalue weighted by Gasteiger charge is 2.48. The van der Waals surface area contributed by atoms with Crippen LogP contribution in [0.3, 0.4) is 0 Å². The average molecular weight is 311 g/mol. The minimum absolute atomic E-state index is 0.0443. The number of benzene rings is 1. The van der Waals surface area contributed by atoms with Gasteiger partial charge in [0.1, 0.15) is 6.54 Å². The van der Waals surface area contributed by atoms with Gasteiger partial charge in [0.25, 0.3) is 0 Å². The van der Waals surface area contributed by atoms with Crippen LogP contribution >= 0.6 is 0 Å². The second kappa shape index (κ2) is 5.23. The maximum Gasteiger partial charge on any atom is 0.416 e. The Morgan fingerprint density at radius 2 is 1.76 bits per heavy atom. The maximum atomic E-state index is 12.8. The molecule has 2 nitrogen and oxygen atoms in total. The van der Waals surface area contributed by atoms with Gasteiger partial charge < -0.3 is 5.32 Å². The highest BCUT2D eigenvalue weighted by molar-refractivity contribution is 5.83. The molecule has 0 heterocycles. The van der Waals surface area contributed by atoms with Crippen molar-refractivity contribution in [2.24, 2.45) is 5.92 Å². The fourth-order valence-corrected chi connectivity index (χ4v) is 2.23. The van der Waals surface area contributed by atoms with Crippen molar-refractivity contribution in [3.8, 4) is 0 Å². The van der Waals surface area contributed by atoms with Crippen LogP contribution in [-0.4, -0.2) is 18.6 Å². The summed E-state index contributed by atoms with van der Waals surface area (Å²) in [6.45, 7) is -1.48. The van der Waals surface area contributed by atoms with Gasteiger partial charge in [-0.2, -0.15) is 26.3 Å². The quantitative estimate of drug-likeness (QED) is 0.851. The molecule has 0 aromatic heterocycles. The minimum Gasteiger partial charge on any atom is -0.347 e. The lowest BCUT2D eigenvalue weighted by molar-refractivity contribution is -0.139. The third-order valence-corrected chi connectivity index (χ3v) is 3.26. The van der Waals surface area contributed by atoms with E-state index in [-0.39, 0.29) is 12.0 Å². The lowest BCUT2D eigenvalue weighted by Crippen LogP contribution is -2.34. The van der Waals surface area contributed by atoms with Crippen molar-refractivity contribution < 1.29 is 31.1 Å². The van der Waals surface area contributed by atoms with E-state index >= 15 is 0 Å². The maximum absolute atomic E-state index is 12.8. The Kier molecular flexibility index (Phi) is 3.90. The summed E-state index contributed by atoms with van der Waals surface area (Å²) in [5.41, 5.74) is -0.890. The molecule has 116 valence electrons. The van der Waals surface area contributed by atoms with Gasteiger partial charge in [0.15, 0.2) is 0 Å². The molecule has 0 bridgehead atoms. The van der Waals surface area contributed by atoms with E-state index in [9.17, 15) is 31.1 Å². The van der Waals surface area contributed by atoms with Gasteiger partial charge >= 0.3 is 12.4 Å². The summed E-state index contributed by atoms with van der Waals surface area (Å²) in [7, 11) is 0. The molecular weight excluding hydrogens is 300 g/mol. The van der Waals surface area contributed by atoms with Gasteiger partial charge in [-0.3, -0.25) is 4.79 Å². The van der Waals surface area contributed by atoms with Crippen LogP contribution < -0.4 is 5.32 Å². The van der Waals surface area contributed by atoms with Crippen LogP contribution in [0.25, 0.3) is 0 Å². The van der Waals surface area contributed by atoms with Crippen LogP contribution in [-0.2, 0) is 11.0 Å². The summed E-state index contributed by atoms with van der Waals surface area (Å²) in [5, 5.41) is 1.70. The largest absolute Gasteiger partial charge is 0.416 e. The molecule has 0 spiro atoms. The summed E-state index contributed by atoms with van der Waals surface area (Å²) in [4.78, 5) is 11.5. The van der Waals surface area contributed by atoms with Gasteiger partial charge in [-0.15, -0.1) is 0 Å². The van der Waals surface area contributed by atoms with E-state index in [0.717, 1.165) is 6.07 Å². The molecule has 0 saturated heterocycles. The molecule has 2 atom stereocenters. The Labute approximate surface area is 116 Å². The number of carbonyl (C=O) groups is 1.